The summed E-state index contributed by atoms with van der Waals surface area (Å²) in [6.07, 6.45) is 22.4. The summed E-state index contributed by atoms with van der Waals surface area (Å²) in [5.74, 6) is 2.93. The Morgan fingerprint density at radius 2 is 1.50 bits per heavy atom. The molecule has 2 rings (SSSR count). The van der Waals surface area contributed by atoms with Crippen molar-refractivity contribution in [1.82, 2.24) is 4.90 Å². The van der Waals surface area contributed by atoms with Crippen molar-refractivity contribution >= 4 is 8.32 Å². The minimum Gasteiger partial charge on any atom is -0.411 e. The van der Waals surface area contributed by atoms with Crippen LogP contribution in [0.15, 0.2) is 30.3 Å². The van der Waals surface area contributed by atoms with Gasteiger partial charge in [0.15, 0.2) is 8.32 Å². The van der Waals surface area contributed by atoms with Gasteiger partial charge < -0.3 is 9.53 Å². The number of unbranched alkanes of at least 4 members (excludes halogenated alkanes) is 9. The number of nitrogens with zero attached hydrogens (tertiary/aromatic N) is 1. The molecule has 1 aromatic carbocycles. The van der Waals surface area contributed by atoms with E-state index in [4.69, 9.17) is 10.8 Å². The Kier molecular flexibility index (Phi) is 14.7. The van der Waals surface area contributed by atoms with Crippen LogP contribution >= 0.6 is 0 Å². The van der Waals surface area contributed by atoms with Gasteiger partial charge in [-0.2, -0.15) is 0 Å². The second-order valence-corrected chi connectivity index (χ2v) is 18.0. The number of aliphatic hydroxyl groups is 1. The highest BCUT2D eigenvalue weighted by molar-refractivity contribution is 6.74. The summed E-state index contributed by atoms with van der Waals surface area (Å²) in [7, 11) is -1.98. The Bertz CT molecular complexity index is 797. The van der Waals surface area contributed by atoms with Crippen LogP contribution < -0.4 is 0 Å². The second-order valence-electron chi connectivity index (χ2n) is 13.2. The first kappa shape index (κ1) is 33.1. The summed E-state index contributed by atoms with van der Waals surface area (Å²) in [5, 5.41) is 11.5. The van der Waals surface area contributed by atoms with Gasteiger partial charge in [0.25, 0.3) is 0 Å². The lowest BCUT2D eigenvalue weighted by Gasteiger charge is -2.43. The molecule has 0 aromatic heterocycles. The molecular weight excluding hydrogens is 482 g/mol. The fourth-order valence-corrected chi connectivity index (χ4v) is 7.07. The molecule has 0 unspecified atom stereocenters. The van der Waals surface area contributed by atoms with Crippen molar-refractivity contribution < 1.29 is 9.53 Å². The van der Waals surface area contributed by atoms with Crippen molar-refractivity contribution in [3.63, 3.8) is 0 Å². The number of terminal acetylenes is 1. The molecule has 38 heavy (non-hydrogen) atoms. The van der Waals surface area contributed by atoms with Gasteiger partial charge in [-0.25, -0.2) is 0 Å². The van der Waals surface area contributed by atoms with E-state index in [2.05, 4.69) is 81.9 Å². The molecule has 1 fully saturated rings. The summed E-state index contributed by atoms with van der Waals surface area (Å²) in [4.78, 5) is 2.55. The smallest absolute Gasteiger partial charge is 0.192 e. The van der Waals surface area contributed by atoms with Gasteiger partial charge in [-0.3, -0.25) is 4.90 Å². The molecule has 216 valence electrons. The summed E-state index contributed by atoms with van der Waals surface area (Å²) in [6.45, 7) is 14.6. The van der Waals surface area contributed by atoms with Gasteiger partial charge in [-0.05, 0) is 43.0 Å². The van der Waals surface area contributed by atoms with E-state index in [-0.39, 0.29) is 29.3 Å². The molecule has 4 heteroatoms. The van der Waals surface area contributed by atoms with Crippen LogP contribution in [0.2, 0.25) is 18.1 Å². The number of likely N-dealkylation sites (tertiary alicyclic amines) is 1. The normalized spacial score (nSPS) is 20.4. The molecule has 4 atom stereocenters. The van der Waals surface area contributed by atoms with Crippen molar-refractivity contribution in [3.8, 4) is 12.3 Å². The number of benzene rings is 1. The van der Waals surface area contributed by atoms with Gasteiger partial charge in [-0.1, -0.05) is 122 Å². The third-order valence-electron chi connectivity index (χ3n) is 9.12. The standard InChI is InChI=1S/C34H59NO2Si/c1-8-10-11-12-13-14-15-16-17-21-25-32(36)30-26-27-31(35(30)28-29-23-19-18-20-24-29)33(22-9-2)37-38(6,7)34(3,4)5/h2,18-20,23-24,30-33,36H,8,10-17,21-22,25-28H2,1,3-7H3/t30-,31-,32+,33+/m1/s1. The van der Waals surface area contributed by atoms with E-state index in [9.17, 15) is 5.11 Å². The van der Waals surface area contributed by atoms with Crippen molar-refractivity contribution in [2.24, 2.45) is 0 Å². The minimum absolute atomic E-state index is 0.0131. The summed E-state index contributed by atoms with van der Waals surface area (Å²) >= 11 is 0. The SMILES string of the molecule is C#CC[C@H](O[Si](C)(C)C(C)(C)C)[C@H]1CC[C@H]([C@@H](O)CCCCCCCCCCCC)N1Cc1ccccc1. The number of rotatable bonds is 18. The first-order chi connectivity index (χ1) is 18.1. The lowest BCUT2D eigenvalue weighted by Crippen LogP contribution is -2.52. The maximum Gasteiger partial charge on any atom is 0.192 e. The third-order valence-corrected chi connectivity index (χ3v) is 13.6. The Hall–Kier alpha value is -1.12. The molecule has 0 bridgehead atoms. The summed E-state index contributed by atoms with van der Waals surface area (Å²) < 4.78 is 6.96. The zero-order valence-electron chi connectivity index (χ0n) is 25.7. The third kappa shape index (κ3) is 10.8. The molecular formula is C34H59NO2Si. The summed E-state index contributed by atoms with van der Waals surface area (Å²) in [6, 6.07) is 11.1. The second kappa shape index (κ2) is 16.9. The summed E-state index contributed by atoms with van der Waals surface area (Å²) in [5.41, 5.74) is 1.29. The molecule has 3 nitrogen and oxygen atoms in total. The Labute approximate surface area is 237 Å². The highest BCUT2D eigenvalue weighted by Crippen LogP contribution is 2.40. The molecule has 0 aliphatic carbocycles. The minimum atomic E-state index is -1.98. The van der Waals surface area contributed by atoms with Crippen LogP contribution in [0.25, 0.3) is 0 Å². The van der Waals surface area contributed by atoms with Crippen molar-refractivity contribution in [1.29, 1.82) is 0 Å². The Morgan fingerprint density at radius 1 is 0.947 bits per heavy atom. The number of hydrogen-bond acceptors (Lipinski definition) is 3. The van der Waals surface area contributed by atoms with Crippen molar-refractivity contribution in [2.75, 3.05) is 0 Å². The maximum absolute atomic E-state index is 11.4. The first-order valence-electron chi connectivity index (χ1n) is 15.7. The van der Waals surface area contributed by atoms with Crippen LogP contribution in [0.5, 0.6) is 0 Å². The van der Waals surface area contributed by atoms with E-state index in [0.717, 1.165) is 32.2 Å². The lowest BCUT2D eigenvalue weighted by atomic mass is 10.00. The topological polar surface area (TPSA) is 32.7 Å². The van der Waals surface area contributed by atoms with Gasteiger partial charge in [0, 0.05) is 25.0 Å². The van der Waals surface area contributed by atoms with E-state index in [1.807, 2.05) is 0 Å². The molecule has 1 N–H and O–H groups in total. The molecule has 0 radical (unpaired) electrons. The van der Waals surface area contributed by atoms with Gasteiger partial charge in [0.1, 0.15) is 0 Å². The Balaban J connectivity index is 1.99. The van der Waals surface area contributed by atoms with Gasteiger partial charge in [-0.15, -0.1) is 12.3 Å². The average molecular weight is 542 g/mol. The Morgan fingerprint density at radius 3 is 2.05 bits per heavy atom. The van der Waals surface area contributed by atoms with Crippen LogP contribution in [0, 0.1) is 12.3 Å². The molecule has 1 aliphatic rings. The van der Waals surface area contributed by atoms with Gasteiger partial charge in [0.05, 0.1) is 12.2 Å². The fourth-order valence-electron chi connectivity index (χ4n) is 5.72. The van der Waals surface area contributed by atoms with E-state index in [1.54, 1.807) is 0 Å². The molecule has 1 aromatic rings. The van der Waals surface area contributed by atoms with Crippen LogP contribution in [0.4, 0.5) is 0 Å². The zero-order valence-corrected chi connectivity index (χ0v) is 26.7. The molecule has 0 saturated carbocycles. The quantitative estimate of drug-likeness (QED) is 0.114. The monoisotopic (exact) mass is 541 g/mol. The van der Waals surface area contributed by atoms with Crippen LogP contribution in [-0.4, -0.2) is 42.6 Å². The van der Waals surface area contributed by atoms with Gasteiger partial charge >= 0.3 is 0 Å². The van der Waals surface area contributed by atoms with E-state index >= 15 is 0 Å². The maximum atomic E-state index is 11.4. The molecule has 0 spiro atoms. The number of aliphatic hydroxyl groups excluding tert-OH is 1. The first-order valence-corrected chi connectivity index (χ1v) is 18.6. The van der Waals surface area contributed by atoms with E-state index in [1.165, 1.54) is 63.4 Å². The van der Waals surface area contributed by atoms with E-state index in [0.29, 0.717) is 6.42 Å². The highest BCUT2D eigenvalue weighted by atomic mass is 28.4. The number of hydrogen-bond donors (Lipinski definition) is 1. The molecule has 1 aliphatic heterocycles. The molecule has 1 saturated heterocycles. The van der Waals surface area contributed by atoms with Crippen molar-refractivity contribution in [2.45, 2.75) is 167 Å². The van der Waals surface area contributed by atoms with E-state index < -0.39 is 8.32 Å². The fraction of sp³-hybridized carbons (Fsp3) is 0.765. The van der Waals surface area contributed by atoms with Crippen LogP contribution in [-0.2, 0) is 11.0 Å². The predicted molar refractivity (Wildman–Crippen MR) is 167 cm³/mol. The van der Waals surface area contributed by atoms with Crippen LogP contribution in [0.1, 0.15) is 123 Å². The predicted octanol–water partition coefficient (Wildman–Crippen LogP) is 9.11. The zero-order chi connectivity index (χ0) is 28.0. The molecule has 0 amide bonds. The largest absolute Gasteiger partial charge is 0.411 e. The lowest BCUT2D eigenvalue weighted by molar-refractivity contribution is 0.0116. The highest BCUT2D eigenvalue weighted by Gasteiger charge is 2.45. The molecule has 1 heterocycles. The van der Waals surface area contributed by atoms with Gasteiger partial charge in [0.2, 0.25) is 0 Å². The van der Waals surface area contributed by atoms with Crippen LogP contribution in [0.3, 0.4) is 0 Å². The van der Waals surface area contributed by atoms with Crippen molar-refractivity contribution in [3.05, 3.63) is 35.9 Å². The average Bonchev–Trinajstić information content (AvgIpc) is 3.28.